The molecule has 1 aromatic heterocycles. The Balaban J connectivity index is 1.81. The molecule has 0 aromatic carbocycles. The number of sulfonamides is 1. The fourth-order valence-electron chi connectivity index (χ4n) is 3.64. The first kappa shape index (κ1) is 16.4. The summed E-state index contributed by atoms with van der Waals surface area (Å²) in [7, 11) is -3.29. The maximum absolute atomic E-state index is 12.6. The van der Waals surface area contributed by atoms with Gasteiger partial charge in [-0.15, -0.1) is 0 Å². The summed E-state index contributed by atoms with van der Waals surface area (Å²) < 4.78 is 25.1. The molecule has 2 aliphatic heterocycles. The number of nitrogens with zero attached hydrogens (tertiary/aromatic N) is 3. The highest BCUT2D eigenvalue weighted by Gasteiger charge is 2.52. The van der Waals surface area contributed by atoms with Gasteiger partial charge < -0.3 is 10.0 Å². The minimum absolute atomic E-state index is 0.0787. The standard InChI is InChI=1S/C15H21N3O4S/c1-23(21,22)18-8-12-5-7-17(9-15(12,10-18)11-19)14(20)13-4-2-3-6-16-13/h2-4,6,12,19H,5,7-11H2,1H3/t12-,15+/m0/s1. The number of fused-ring (bicyclic) bond motifs is 1. The second-order valence-electron chi connectivity index (χ2n) is 6.50. The van der Waals surface area contributed by atoms with Gasteiger partial charge in [0.25, 0.3) is 5.91 Å². The molecule has 1 N–H and O–H groups in total. The minimum Gasteiger partial charge on any atom is -0.396 e. The summed E-state index contributed by atoms with van der Waals surface area (Å²) in [5, 5.41) is 9.93. The van der Waals surface area contributed by atoms with E-state index in [9.17, 15) is 18.3 Å². The number of piperidine rings is 1. The van der Waals surface area contributed by atoms with Gasteiger partial charge in [-0.1, -0.05) is 6.07 Å². The number of aliphatic hydroxyl groups excluding tert-OH is 1. The van der Waals surface area contributed by atoms with Gasteiger partial charge in [0.1, 0.15) is 5.69 Å². The Morgan fingerprint density at radius 3 is 2.83 bits per heavy atom. The Labute approximate surface area is 136 Å². The Morgan fingerprint density at radius 1 is 1.43 bits per heavy atom. The van der Waals surface area contributed by atoms with Crippen LogP contribution in [0.3, 0.4) is 0 Å². The third kappa shape index (κ3) is 2.98. The van der Waals surface area contributed by atoms with E-state index in [1.165, 1.54) is 10.6 Å². The van der Waals surface area contributed by atoms with Gasteiger partial charge in [-0.3, -0.25) is 9.78 Å². The first-order valence-electron chi connectivity index (χ1n) is 7.62. The monoisotopic (exact) mass is 339 g/mol. The molecule has 2 saturated heterocycles. The summed E-state index contributed by atoms with van der Waals surface area (Å²) in [5.74, 6) is -0.0929. The van der Waals surface area contributed by atoms with E-state index in [0.717, 1.165) is 0 Å². The molecular formula is C15H21N3O4S. The summed E-state index contributed by atoms with van der Waals surface area (Å²) >= 11 is 0. The predicted octanol–water partition coefficient (Wildman–Crippen LogP) is -0.202. The number of amides is 1. The number of pyridine rings is 1. The molecule has 0 unspecified atom stereocenters. The lowest BCUT2D eigenvalue weighted by Gasteiger charge is -2.43. The topological polar surface area (TPSA) is 90.8 Å². The lowest BCUT2D eigenvalue weighted by Crippen LogP contribution is -2.52. The van der Waals surface area contributed by atoms with Gasteiger partial charge in [0, 0.05) is 37.8 Å². The third-order valence-electron chi connectivity index (χ3n) is 4.99. The predicted molar refractivity (Wildman–Crippen MR) is 84.2 cm³/mol. The fraction of sp³-hybridized carbons (Fsp3) is 0.600. The van der Waals surface area contributed by atoms with Crippen molar-refractivity contribution < 1.29 is 18.3 Å². The Morgan fingerprint density at radius 2 is 2.22 bits per heavy atom. The van der Waals surface area contributed by atoms with E-state index in [0.29, 0.717) is 31.7 Å². The van der Waals surface area contributed by atoms with Crippen LogP contribution < -0.4 is 0 Å². The number of hydrogen-bond donors (Lipinski definition) is 1. The van der Waals surface area contributed by atoms with Crippen LogP contribution in [0.15, 0.2) is 24.4 Å². The van der Waals surface area contributed by atoms with Crippen LogP contribution in [0.5, 0.6) is 0 Å². The molecule has 7 nitrogen and oxygen atoms in total. The van der Waals surface area contributed by atoms with Gasteiger partial charge in [0.05, 0.1) is 12.9 Å². The van der Waals surface area contributed by atoms with Crippen LogP contribution in [-0.4, -0.2) is 72.7 Å². The molecule has 1 amide bonds. The van der Waals surface area contributed by atoms with Crippen LogP contribution in [0.4, 0.5) is 0 Å². The molecule has 0 spiro atoms. The van der Waals surface area contributed by atoms with Gasteiger partial charge in [-0.25, -0.2) is 12.7 Å². The SMILES string of the molecule is CS(=O)(=O)N1C[C@@H]2CCN(C(=O)c3ccccn3)C[C@]2(CO)C1. The third-order valence-corrected chi connectivity index (χ3v) is 6.21. The van der Waals surface area contributed by atoms with E-state index in [4.69, 9.17) is 0 Å². The number of aromatic nitrogens is 1. The largest absolute Gasteiger partial charge is 0.396 e. The molecule has 23 heavy (non-hydrogen) atoms. The van der Waals surface area contributed by atoms with Gasteiger partial charge >= 0.3 is 0 Å². The van der Waals surface area contributed by atoms with Crippen molar-refractivity contribution in [1.29, 1.82) is 0 Å². The quantitative estimate of drug-likeness (QED) is 0.823. The fourth-order valence-corrected chi connectivity index (χ4v) is 4.58. The second kappa shape index (κ2) is 5.85. The zero-order valence-corrected chi connectivity index (χ0v) is 13.9. The number of rotatable bonds is 3. The smallest absolute Gasteiger partial charge is 0.272 e. The van der Waals surface area contributed by atoms with E-state index in [2.05, 4.69) is 4.98 Å². The van der Waals surface area contributed by atoms with Crippen molar-refractivity contribution in [1.82, 2.24) is 14.2 Å². The van der Waals surface area contributed by atoms with Crippen LogP contribution in [-0.2, 0) is 10.0 Å². The van der Waals surface area contributed by atoms with Crippen molar-refractivity contribution in [3.05, 3.63) is 30.1 Å². The van der Waals surface area contributed by atoms with Crippen LogP contribution in [0, 0.1) is 11.3 Å². The summed E-state index contributed by atoms with van der Waals surface area (Å²) in [5.41, 5.74) is -0.205. The van der Waals surface area contributed by atoms with Gasteiger partial charge in [0.15, 0.2) is 0 Å². The maximum atomic E-state index is 12.6. The van der Waals surface area contributed by atoms with Crippen molar-refractivity contribution in [2.24, 2.45) is 11.3 Å². The first-order valence-corrected chi connectivity index (χ1v) is 9.47. The lowest BCUT2D eigenvalue weighted by atomic mass is 9.74. The molecule has 2 aliphatic rings. The Bertz CT molecular complexity index is 694. The number of hydrogen-bond acceptors (Lipinski definition) is 5. The van der Waals surface area contributed by atoms with Crippen LogP contribution in [0.1, 0.15) is 16.9 Å². The molecule has 0 saturated carbocycles. The molecule has 8 heteroatoms. The first-order chi connectivity index (χ1) is 10.9. The molecule has 1 aromatic rings. The van der Waals surface area contributed by atoms with Crippen molar-refractivity contribution in [3.8, 4) is 0 Å². The lowest BCUT2D eigenvalue weighted by molar-refractivity contribution is 0.0126. The van der Waals surface area contributed by atoms with Crippen molar-refractivity contribution >= 4 is 15.9 Å². The molecule has 2 atom stereocenters. The summed E-state index contributed by atoms with van der Waals surface area (Å²) in [4.78, 5) is 18.3. The molecule has 0 bridgehead atoms. The Kier molecular flexibility index (Phi) is 4.16. The zero-order valence-electron chi connectivity index (χ0n) is 13.1. The zero-order chi connectivity index (χ0) is 16.7. The Hall–Kier alpha value is -1.51. The summed E-state index contributed by atoms with van der Waals surface area (Å²) in [6.45, 7) is 1.47. The molecule has 2 fully saturated rings. The van der Waals surface area contributed by atoms with Gasteiger partial charge in [-0.05, 0) is 24.5 Å². The van der Waals surface area contributed by atoms with E-state index >= 15 is 0 Å². The van der Waals surface area contributed by atoms with E-state index in [-0.39, 0.29) is 25.0 Å². The van der Waals surface area contributed by atoms with Crippen molar-refractivity contribution in [2.75, 3.05) is 39.0 Å². The second-order valence-corrected chi connectivity index (χ2v) is 8.49. The minimum atomic E-state index is -3.29. The highest BCUT2D eigenvalue weighted by atomic mass is 32.2. The molecule has 0 radical (unpaired) electrons. The number of carbonyl (C=O) groups is 1. The van der Waals surface area contributed by atoms with Gasteiger partial charge in [0.2, 0.25) is 10.0 Å². The van der Waals surface area contributed by atoms with Crippen LogP contribution in [0.2, 0.25) is 0 Å². The average molecular weight is 339 g/mol. The highest BCUT2D eigenvalue weighted by Crippen LogP contribution is 2.42. The van der Waals surface area contributed by atoms with Crippen molar-refractivity contribution in [2.45, 2.75) is 6.42 Å². The molecular weight excluding hydrogens is 318 g/mol. The van der Waals surface area contributed by atoms with Crippen LogP contribution >= 0.6 is 0 Å². The number of likely N-dealkylation sites (tertiary alicyclic amines) is 1. The van der Waals surface area contributed by atoms with E-state index < -0.39 is 15.4 Å². The van der Waals surface area contributed by atoms with Crippen LogP contribution in [0.25, 0.3) is 0 Å². The van der Waals surface area contributed by atoms with Gasteiger partial charge in [-0.2, -0.15) is 0 Å². The number of aliphatic hydroxyl groups is 1. The van der Waals surface area contributed by atoms with E-state index in [1.807, 2.05) is 0 Å². The molecule has 126 valence electrons. The summed E-state index contributed by atoms with van der Waals surface area (Å²) in [6, 6.07) is 5.17. The normalized spacial score (nSPS) is 28.6. The highest BCUT2D eigenvalue weighted by molar-refractivity contribution is 7.88. The van der Waals surface area contributed by atoms with E-state index in [1.54, 1.807) is 29.3 Å². The average Bonchev–Trinajstić information content (AvgIpc) is 2.94. The van der Waals surface area contributed by atoms with Crippen molar-refractivity contribution in [3.63, 3.8) is 0 Å². The summed E-state index contributed by atoms with van der Waals surface area (Å²) in [6.07, 6.45) is 3.44. The molecule has 0 aliphatic carbocycles. The number of carbonyl (C=O) groups excluding carboxylic acids is 1. The maximum Gasteiger partial charge on any atom is 0.272 e. The molecule has 3 rings (SSSR count). The molecule has 3 heterocycles.